The summed E-state index contributed by atoms with van der Waals surface area (Å²) in [6.45, 7) is 9.51. The molecule has 4 nitrogen and oxygen atoms in total. The number of rotatable bonds is 7. The van der Waals surface area contributed by atoms with Crippen LogP contribution in [0.1, 0.15) is 20.8 Å². The molecule has 2 rings (SSSR count). The lowest BCUT2D eigenvalue weighted by Gasteiger charge is -2.19. The Kier molecular flexibility index (Phi) is 5.45. The van der Waals surface area contributed by atoms with Gasteiger partial charge >= 0.3 is 0 Å². The van der Waals surface area contributed by atoms with Crippen LogP contribution in [0, 0.1) is 5.92 Å². The zero-order chi connectivity index (χ0) is 13.7. The maximum atomic E-state index is 4.77. The smallest absolute Gasteiger partial charge is 0.130 e. The summed E-state index contributed by atoms with van der Waals surface area (Å²) in [6, 6.07) is 0.357. The van der Waals surface area contributed by atoms with Crippen molar-refractivity contribution in [3.8, 4) is 0 Å². The van der Waals surface area contributed by atoms with Crippen molar-refractivity contribution in [3.05, 3.63) is 11.8 Å². The molecule has 2 aliphatic rings. The Hall–Kier alpha value is -0.810. The molecular formula is C14H24N4S. The number of amidine groups is 1. The van der Waals surface area contributed by atoms with E-state index < -0.39 is 0 Å². The normalized spacial score (nSPS) is 21.7. The van der Waals surface area contributed by atoms with Crippen LogP contribution in [-0.4, -0.2) is 54.3 Å². The van der Waals surface area contributed by atoms with E-state index in [0.29, 0.717) is 12.0 Å². The van der Waals surface area contributed by atoms with E-state index in [9.17, 15) is 0 Å². The highest BCUT2D eigenvalue weighted by molar-refractivity contribution is 7.99. The fraction of sp³-hybridized carbons (Fsp3) is 0.714. The predicted octanol–water partition coefficient (Wildman–Crippen LogP) is 1.99. The highest BCUT2D eigenvalue weighted by atomic mass is 32.2. The number of nitrogens with zero attached hydrogens (tertiary/aromatic N) is 3. The Balaban J connectivity index is 1.80. The second kappa shape index (κ2) is 7.10. The van der Waals surface area contributed by atoms with Gasteiger partial charge in [-0.05, 0) is 11.7 Å². The monoisotopic (exact) mass is 280 g/mol. The molecule has 1 atom stereocenters. The molecule has 5 heteroatoms. The van der Waals surface area contributed by atoms with Crippen molar-refractivity contribution in [1.29, 1.82) is 0 Å². The van der Waals surface area contributed by atoms with E-state index in [1.807, 2.05) is 18.1 Å². The molecule has 0 aromatic heterocycles. The summed E-state index contributed by atoms with van der Waals surface area (Å²) in [5, 5.41) is 3.49. The van der Waals surface area contributed by atoms with Crippen molar-refractivity contribution >= 4 is 23.9 Å². The lowest BCUT2D eigenvalue weighted by molar-refractivity contribution is 0.542. The molecule has 0 aliphatic carbocycles. The minimum atomic E-state index is 0.357. The highest BCUT2D eigenvalue weighted by Crippen LogP contribution is 2.19. The molecule has 0 spiro atoms. The van der Waals surface area contributed by atoms with Crippen molar-refractivity contribution in [2.75, 3.05) is 31.1 Å². The zero-order valence-electron chi connectivity index (χ0n) is 12.1. The van der Waals surface area contributed by atoms with Crippen LogP contribution in [0.4, 0.5) is 0 Å². The first-order valence-electron chi connectivity index (χ1n) is 7.09. The van der Waals surface area contributed by atoms with Crippen molar-refractivity contribution < 1.29 is 0 Å². The number of allylic oxidation sites excluding steroid dienone is 1. The second-order valence-corrected chi connectivity index (χ2v) is 6.56. The van der Waals surface area contributed by atoms with Crippen molar-refractivity contribution in [2.45, 2.75) is 26.8 Å². The van der Waals surface area contributed by atoms with Gasteiger partial charge in [0.15, 0.2) is 0 Å². The summed E-state index contributed by atoms with van der Waals surface area (Å²) in [5.74, 6) is 3.92. The maximum absolute atomic E-state index is 4.77. The Morgan fingerprint density at radius 3 is 3.11 bits per heavy atom. The minimum Gasteiger partial charge on any atom is -0.315 e. The quantitative estimate of drug-likeness (QED) is 0.725. The van der Waals surface area contributed by atoms with E-state index in [1.165, 1.54) is 11.5 Å². The molecule has 106 valence electrons. The van der Waals surface area contributed by atoms with Gasteiger partial charge < -0.3 is 10.2 Å². The topological polar surface area (TPSA) is 40.0 Å². The second-order valence-electron chi connectivity index (χ2n) is 5.16. The Morgan fingerprint density at radius 2 is 2.37 bits per heavy atom. The first-order valence-corrected chi connectivity index (χ1v) is 8.25. The van der Waals surface area contributed by atoms with Gasteiger partial charge in [-0.2, -0.15) is 11.8 Å². The Bertz CT molecular complexity index is 387. The van der Waals surface area contributed by atoms with Gasteiger partial charge in [0.1, 0.15) is 5.84 Å². The number of aliphatic imine (C=N–C) groups is 2. The van der Waals surface area contributed by atoms with Crippen LogP contribution >= 0.6 is 11.8 Å². The molecule has 19 heavy (non-hydrogen) atoms. The summed E-state index contributed by atoms with van der Waals surface area (Å²) < 4.78 is 0. The SMILES string of the molecule is CCSCCNCC1CN2C=NC(C(C)C)=CC2=N1. The van der Waals surface area contributed by atoms with Gasteiger partial charge in [-0.3, -0.25) is 4.99 Å². The van der Waals surface area contributed by atoms with Crippen LogP contribution in [0.5, 0.6) is 0 Å². The van der Waals surface area contributed by atoms with Gasteiger partial charge in [0.25, 0.3) is 0 Å². The number of thioether (sulfide) groups is 1. The summed E-state index contributed by atoms with van der Waals surface area (Å²) in [4.78, 5) is 11.4. The van der Waals surface area contributed by atoms with E-state index in [-0.39, 0.29) is 0 Å². The van der Waals surface area contributed by atoms with Crippen molar-refractivity contribution in [2.24, 2.45) is 15.9 Å². The third-order valence-corrected chi connectivity index (χ3v) is 4.14. The number of fused-ring (bicyclic) bond motifs is 1. The molecule has 1 unspecified atom stereocenters. The van der Waals surface area contributed by atoms with Gasteiger partial charge in [0.05, 0.1) is 12.4 Å². The number of hydrogen-bond acceptors (Lipinski definition) is 5. The lowest BCUT2D eigenvalue weighted by Crippen LogP contribution is -2.33. The Morgan fingerprint density at radius 1 is 1.53 bits per heavy atom. The van der Waals surface area contributed by atoms with E-state index in [0.717, 1.165) is 31.2 Å². The molecule has 0 fully saturated rings. The van der Waals surface area contributed by atoms with Crippen LogP contribution in [0.2, 0.25) is 0 Å². The van der Waals surface area contributed by atoms with E-state index in [1.54, 1.807) is 0 Å². The fourth-order valence-corrected chi connectivity index (χ4v) is 2.72. The van der Waals surface area contributed by atoms with Gasteiger partial charge in [0.2, 0.25) is 0 Å². The maximum Gasteiger partial charge on any atom is 0.130 e. The van der Waals surface area contributed by atoms with Crippen LogP contribution in [0.15, 0.2) is 21.8 Å². The minimum absolute atomic E-state index is 0.357. The van der Waals surface area contributed by atoms with Gasteiger partial charge in [-0.15, -0.1) is 0 Å². The largest absolute Gasteiger partial charge is 0.315 e. The molecule has 0 bridgehead atoms. The van der Waals surface area contributed by atoms with E-state index in [2.05, 4.69) is 42.1 Å². The molecule has 0 amide bonds. The molecule has 0 aromatic carbocycles. The molecule has 0 aromatic rings. The average Bonchev–Trinajstić information content (AvgIpc) is 2.80. The third-order valence-electron chi connectivity index (χ3n) is 3.24. The standard InChI is InChI=1S/C14H24N4S/c1-4-19-6-5-15-8-12-9-18-10-16-13(11(2)3)7-14(18)17-12/h7,10-12,15H,4-6,8-9H2,1-3H3. The van der Waals surface area contributed by atoms with E-state index in [4.69, 9.17) is 4.99 Å². The van der Waals surface area contributed by atoms with Crippen molar-refractivity contribution in [3.63, 3.8) is 0 Å². The molecule has 0 radical (unpaired) electrons. The van der Waals surface area contributed by atoms with Crippen LogP contribution < -0.4 is 5.32 Å². The molecule has 0 saturated heterocycles. The highest BCUT2D eigenvalue weighted by Gasteiger charge is 2.25. The first-order chi connectivity index (χ1) is 9.20. The Labute approximate surface area is 120 Å². The summed E-state index contributed by atoms with van der Waals surface area (Å²) >= 11 is 1.97. The molecule has 0 saturated carbocycles. The number of nitrogens with one attached hydrogen (secondary N) is 1. The van der Waals surface area contributed by atoms with E-state index >= 15 is 0 Å². The van der Waals surface area contributed by atoms with Gasteiger partial charge in [0, 0.05) is 37.2 Å². The van der Waals surface area contributed by atoms with Crippen LogP contribution in [-0.2, 0) is 0 Å². The average molecular weight is 280 g/mol. The fourth-order valence-electron chi connectivity index (χ4n) is 2.14. The first kappa shape index (κ1) is 14.6. The number of hydrogen-bond donors (Lipinski definition) is 1. The summed E-state index contributed by atoms with van der Waals surface area (Å²) in [7, 11) is 0. The predicted molar refractivity (Wildman–Crippen MR) is 85.2 cm³/mol. The van der Waals surface area contributed by atoms with Crippen molar-refractivity contribution in [1.82, 2.24) is 10.2 Å². The van der Waals surface area contributed by atoms with Crippen LogP contribution in [0.25, 0.3) is 0 Å². The van der Waals surface area contributed by atoms with Crippen LogP contribution in [0.3, 0.4) is 0 Å². The lowest BCUT2D eigenvalue weighted by atomic mass is 10.1. The van der Waals surface area contributed by atoms with Gasteiger partial charge in [-0.25, -0.2) is 4.99 Å². The molecular weight excluding hydrogens is 256 g/mol. The third kappa shape index (κ3) is 4.08. The summed E-state index contributed by atoms with van der Waals surface area (Å²) in [5.41, 5.74) is 1.13. The zero-order valence-corrected chi connectivity index (χ0v) is 12.9. The summed E-state index contributed by atoms with van der Waals surface area (Å²) in [6.07, 6.45) is 4.05. The molecule has 2 heterocycles. The molecule has 1 N–H and O–H groups in total. The van der Waals surface area contributed by atoms with Gasteiger partial charge in [-0.1, -0.05) is 20.8 Å². The molecule has 2 aliphatic heterocycles.